The minimum atomic E-state index is -0.605. The zero-order valence-electron chi connectivity index (χ0n) is 22.3. The van der Waals surface area contributed by atoms with Gasteiger partial charge in [0.05, 0.1) is 23.0 Å². The lowest BCUT2D eigenvalue weighted by Crippen LogP contribution is -2.52. The summed E-state index contributed by atoms with van der Waals surface area (Å²) >= 11 is 0. The van der Waals surface area contributed by atoms with Crippen LogP contribution >= 0.6 is 0 Å². The maximum absolute atomic E-state index is 13.6. The molecule has 10 heteroatoms. The van der Waals surface area contributed by atoms with Crippen molar-refractivity contribution in [2.45, 2.75) is 43.6 Å². The van der Waals surface area contributed by atoms with Crippen molar-refractivity contribution in [2.24, 2.45) is 0 Å². The van der Waals surface area contributed by atoms with Gasteiger partial charge in [-0.1, -0.05) is 18.2 Å². The fraction of sp³-hybridized carbons (Fsp3) is 0.290. The van der Waals surface area contributed by atoms with Gasteiger partial charge in [-0.05, 0) is 66.6 Å². The molecule has 10 nitrogen and oxygen atoms in total. The maximum Gasteiger partial charge on any atom is 0.253 e. The lowest BCUT2D eigenvalue weighted by Gasteiger charge is -2.44. The third kappa shape index (κ3) is 4.09. The molecule has 5 aromatic rings. The number of fused-ring (bicyclic) bond motifs is 2. The van der Waals surface area contributed by atoms with Crippen molar-refractivity contribution in [3.8, 4) is 22.8 Å². The number of hydrogen-bond donors (Lipinski definition) is 1. The topological polar surface area (TPSA) is 119 Å². The van der Waals surface area contributed by atoms with Gasteiger partial charge in [0, 0.05) is 48.7 Å². The number of Topliss-reactive ketones (excluding diaryl/α,β-unsaturated/α-hetero) is 1. The van der Waals surface area contributed by atoms with Crippen LogP contribution in [-0.2, 0) is 0 Å². The molecule has 2 fully saturated rings. The maximum atomic E-state index is 13.6. The number of aromatic nitrogens is 6. The number of carbonyl (C=O) groups is 2. The molecule has 2 aromatic heterocycles. The number of imidazole rings is 1. The van der Waals surface area contributed by atoms with E-state index in [0.717, 1.165) is 35.4 Å². The predicted octanol–water partition coefficient (Wildman–Crippen LogP) is 4.72. The summed E-state index contributed by atoms with van der Waals surface area (Å²) in [5.41, 5.74) is 4.22. The van der Waals surface area contributed by atoms with Gasteiger partial charge in [0.2, 0.25) is 5.82 Å². The highest BCUT2D eigenvalue weighted by atomic mass is 16.5. The number of para-hydroxylation sites is 1. The molecule has 1 aliphatic carbocycles. The van der Waals surface area contributed by atoms with Gasteiger partial charge in [-0.3, -0.25) is 14.2 Å². The monoisotopic (exact) mass is 545 g/mol. The number of piperidine rings is 1. The standard InChI is InChI=1S/C31H27N7O3/c39-26-18-31(41-27-11-9-20(16-23(26)27)28-33-35-36-34-28)12-14-37(15-13-31)30(40)21-8-10-25-24(17-21)32-29(19-6-7-19)38(25)22-4-2-1-3-5-22/h1-5,8-11,16-17,19H,6-7,12-15,18H2,(H,33,34,35,36). The van der Waals surface area contributed by atoms with Gasteiger partial charge < -0.3 is 9.64 Å². The number of ketones is 1. The second kappa shape index (κ2) is 9.09. The van der Waals surface area contributed by atoms with Crippen LogP contribution in [0.5, 0.6) is 5.75 Å². The molecule has 2 aliphatic heterocycles. The van der Waals surface area contributed by atoms with E-state index in [2.05, 4.69) is 37.3 Å². The number of tetrazole rings is 1. The largest absolute Gasteiger partial charge is 0.486 e. The second-order valence-corrected chi connectivity index (χ2v) is 11.2. The first-order valence-corrected chi connectivity index (χ1v) is 14.0. The van der Waals surface area contributed by atoms with Crippen LogP contribution in [0.3, 0.4) is 0 Å². The molecule has 4 heterocycles. The molecule has 1 amide bonds. The average molecular weight is 546 g/mol. The van der Waals surface area contributed by atoms with Crippen LogP contribution in [-0.4, -0.2) is 65.5 Å². The zero-order valence-corrected chi connectivity index (χ0v) is 22.3. The number of carbonyl (C=O) groups excluding carboxylic acids is 2. The van der Waals surface area contributed by atoms with Crippen molar-refractivity contribution >= 4 is 22.7 Å². The number of H-pyrrole nitrogens is 1. The first kappa shape index (κ1) is 24.0. The molecule has 3 aliphatic rings. The summed E-state index contributed by atoms with van der Waals surface area (Å²) in [5.74, 6) is 2.55. The van der Waals surface area contributed by atoms with Crippen LogP contribution in [0, 0.1) is 0 Å². The van der Waals surface area contributed by atoms with E-state index in [1.54, 1.807) is 12.1 Å². The zero-order chi connectivity index (χ0) is 27.6. The molecule has 1 N–H and O–H groups in total. The van der Waals surface area contributed by atoms with E-state index in [0.29, 0.717) is 60.1 Å². The van der Waals surface area contributed by atoms with Gasteiger partial charge in [-0.15, -0.1) is 10.2 Å². The Morgan fingerprint density at radius 3 is 2.59 bits per heavy atom. The number of amides is 1. The summed E-state index contributed by atoms with van der Waals surface area (Å²) < 4.78 is 8.67. The summed E-state index contributed by atoms with van der Waals surface area (Å²) in [6, 6.07) is 21.5. The van der Waals surface area contributed by atoms with Crippen molar-refractivity contribution in [2.75, 3.05) is 13.1 Å². The normalized spacial score (nSPS) is 18.0. The van der Waals surface area contributed by atoms with Crippen LogP contribution in [0.25, 0.3) is 28.1 Å². The summed E-state index contributed by atoms with van der Waals surface area (Å²) in [7, 11) is 0. The van der Waals surface area contributed by atoms with E-state index >= 15 is 0 Å². The summed E-state index contributed by atoms with van der Waals surface area (Å²) in [5, 5.41) is 14.0. The molecule has 0 atom stereocenters. The van der Waals surface area contributed by atoms with Gasteiger partial charge in [-0.25, -0.2) is 4.98 Å². The number of aromatic amines is 1. The third-order valence-corrected chi connectivity index (χ3v) is 8.54. The third-order valence-electron chi connectivity index (χ3n) is 8.54. The first-order chi connectivity index (χ1) is 20.1. The highest BCUT2D eigenvalue weighted by Gasteiger charge is 2.44. The van der Waals surface area contributed by atoms with E-state index in [-0.39, 0.29) is 18.1 Å². The highest BCUT2D eigenvalue weighted by Crippen LogP contribution is 2.43. The van der Waals surface area contributed by atoms with Crippen molar-refractivity contribution in [3.63, 3.8) is 0 Å². The van der Waals surface area contributed by atoms with E-state index in [9.17, 15) is 9.59 Å². The minimum absolute atomic E-state index is 0.0173. The summed E-state index contributed by atoms with van der Waals surface area (Å²) in [6.07, 6.45) is 3.75. The van der Waals surface area contributed by atoms with E-state index in [4.69, 9.17) is 9.72 Å². The lowest BCUT2D eigenvalue weighted by molar-refractivity contribution is -0.00569. The molecule has 0 unspecified atom stereocenters. The summed E-state index contributed by atoms with van der Waals surface area (Å²) in [4.78, 5) is 33.6. The fourth-order valence-electron chi connectivity index (χ4n) is 6.19. The molecular formula is C31H27N7O3. The van der Waals surface area contributed by atoms with Crippen molar-refractivity contribution < 1.29 is 14.3 Å². The molecular weight excluding hydrogens is 518 g/mol. The Hall–Kier alpha value is -4.86. The Morgan fingerprint density at radius 2 is 1.83 bits per heavy atom. The number of likely N-dealkylation sites (tertiary alicyclic amines) is 1. The van der Waals surface area contributed by atoms with Crippen LogP contribution in [0.2, 0.25) is 0 Å². The molecule has 0 bridgehead atoms. The van der Waals surface area contributed by atoms with Crippen LogP contribution in [0.1, 0.15) is 64.6 Å². The Labute approximate surface area is 235 Å². The van der Waals surface area contributed by atoms with E-state index in [1.807, 2.05) is 47.4 Å². The van der Waals surface area contributed by atoms with Gasteiger partial charge in [0.15, 0.2) is 5.78 Å². The van der Waals surface area contributed by atoms with Gasteiger partial charge >= 0.3 is 0 Å². The lowest BCUT2D eigenvalue weighted by atomic mass is 9.82. The number of benzene rings is 3. The van der Waals surface area contributed by atoms with E-state index in [1.165, 1.54) is 0 Å². The first-order valence-electron chi connectivity index (χ1n) is 14.0. The SMILES string of the molecule is O=C1CC2(CCN(C(=O)c3ccc4c(c3)nc(C3CC3)n4-c3ccccc3)CC2)Oc2ccc(-c3nn[nH]n3)cc21. The Bertz CT molecular complexity index is 1800. The van der Waals surface area contributed by atoms with Crippen molar-refractivity contribution in [1.29, 1.82) is 0 Å². The number of ether oxygens (including phenoxy) is 1. The smallest absolute Gasteiger partial charge is 0.253 e. The molecule has 1 saturated heterocycles. The van der Waals surface area contributed by atoms with Crippen LogP contribution < -0.4 is 4.74 Å². The Balaban J connectivity index is 1.01. The molecule has 41 heavy (non-hydrogen) atoms. The fourth-order valence-corrected chi connectivity index (χ4v) is 6.19. The molecule has 1 saturated carbocycles. The molecule has 0 radical (unpaired) electrons. The number of nitrogens with one attached hydrogen (secondary N) is 1. The van der Waals surface area contributed by atoms with Crippen LogP contribution in [0.15, 0.2) is 66.7 Å². The highest BCUT2D eigenvalue weighted by molar-refractivity contribution is 6.01. The molecule has 1 spiro atoms. The van der Waals surface area contributed by atoms with Crippen molar-refractivity contribution in [3.05, 3.63) is 83.7 Å². The number of rotatable bonds is 4. The molecule has 204 valence electrons. The van der Waals surface area contributed by atoms with Crippen molar-refractivity contribution in [1.82, 2.24) is 35.1 Å². The number of hydrogen-bond acceptors (Lipinski definition) is 7. The van der Waals surface area contributed by atoms with E-state index < -0.39 is 5.60 Å². The quantitative estimate of drug-likeness (QED) is 0.347. The summed E-state index contributed by atoms with van der Waals surface area (Å²) in [6.45, 7) is 1.04. The number of nitrogens with zero attached hydrogens (tertiary/aromatic N) is 6. The minimum Gasteiger partial charge on any atom is -0.486 e. The van der Waals surface area contributed by atoms with Gasteiger partial charge in [-0.2, -0.15) is 5.21 Å². The van der Waals surface area contributed by atoms with Gasteiger partial charge in [0.25, 0.3) is 5.91 Å². The van der Waals surface area contributed by atoms with Gasteiger partial charge in [0.1, 0.15) is 17.2 Å². The Kier molecular flexibility index (Phi) is 5.31. The molecule has 3 aromatic carbocycles. The predicted molar refractivity (Wildman–Crippen MR) is 150 cm³/mol. The van der Waals surface area contributed by atoms with Crippen LogP contribution in [0.4, 0.5) is 0 Å². The molecule has 8 rings (SSSR count). The average Bonchev–Trinajstić information content (AvgIpc) is 3.55. The Morgan fingerprint density at radius 1 is 1.00 bits per heavy atom. The second-order valence-electron chi connectivity index (χ2n) is 11.2.